The third kappa shape index (κ3) is 3.01. The van der Waals surface area contributed by atoms with Gasteiger partial charge in [-0.2, -0.15) is 10.4 Å². The van der Waals surface area contributed by atoms with Gasteiger partial charge in [0.1, 0.15) is 0 Å². The molecule has 1 aliphatic carbocycles. The lowest BCUT2D eigenvalue weighted by molar-refractivity contribution is 0.100. The molecule has 3 aromatic rings. The van der Waals surface area contributed by atoms with E-state index in [1.165, 1.54) is 6.20 Å². The molecule has 2 aromatic heterocycles. The largest absolute Gasteiger partial charge is 0.379 e. The standard InChI is InChI=1S/C23H26N6O/c1-22(2)19(8-9-23(22,3)26)28-20-17(21(25)30)12-27-29-13-15(10-18(20)29)16-7-5-4-6-14(16)11-24/h4-7,10,12-13,19,28H,8-9,26H2,1-3H3,(H2,25,30)/t19-,23+/m1/s1. The number of primary amides is 1. The summed E-state index contributed by atoms with van der Waals surface area (Å²) >= 11 is 0. The van der Waals surface area contributed by atoms with Crippen LogP contribution in [0.15, 0.2) is 42.7 Å². The molecule has 2 atom stereocenters. The van der Waals surface area contributed by atoms with Crippen LogP contribution in [0, 0.1) is 16.7 Å². The molecule has 4 rings (SSSR count). The van der Waals surface area contributed by atoms with Gasteiger partial charge in [0.2, 0.25) is 0 Å². The quantitative estimate of drug-likeness (QED) is 0.618. The van der Waals surface area contributed by atoms with Crippen molar-refractivity contribution < 1.29 is 4.79 Å². The van der Waals surface area contributed by atoms with E-state index in [1.807, 2.05) is 30.5 Å². The number of amides is 1. The molecular formula is C23H26N6O. The third-order valence-electron chi connectivity index (χ3n) is 6.88. The van der Waals surface area contributed by atoms with Crippen LogP contribution in [0.5, 0.6) is 0 Å². The van der Waals surface area contributed by atoms with E-state index in [-0.39, 0.29) is 17.0 Å². The van der Waals surface area contributed by atoms with Crippen molar-refractivity contribution in [2.24, 2.45) is 16.9 Å². The van der Waals surface area contributed by atoms with E-state index in [0.717, 1.165) is 29.5 Å². The molecule has 0 saturated heterocycles. The molecule has 154 valence electrons. The maximum absolute atomic E-state index is 12.2. The summed E-state index contributed by atoms with van der Waals surface area (Å²) in [5.41, 5.74) is 15.7. The van der Waals surface area contributed by atoms with E-state index in [9.17, 15) is 10.1 Å². The van der Waals surface area contributed by atoms with E-state index in [0.29, 0.717) is 16.8 Å². The van der Waals surface area contributed by atoms with Gasteiger partial charge in [0.15, 0.2) is 0 Å². The molecular weight excluding hydrogens is 376 g/mol. The summed E-state index contributed by atoms with van der Waals surface area (Å²) in [6.45, 7) is 6.36. The lowest BCUT2D eigenvalue weighted by Crippen LogP contribution is -2.51. The first-order valence-electron chi connectivity index (χ1n) is 10.0. The Hall–Kier alpha value is -3.37. The van der Waals surface area contributed by atoms with Crippen LogP contribution in [0.1, 0.15) is 49.5 Å². The Morgan fingerprint density at radius 2 is 2.07 bits per heavy atom. The number of carbonyl (C=O) groups is 1. The SMILES string of the molecule is CC1(C)[C@H](Nc2c(C(N)=O)cnn3cc(-c4ccccc4C#N)cc23)CC[C@]1(C)N. The van der Waals surface area contributed by atoms with Gasteiger partial charge in [0.25, 0.3) is 5.91 Å². The highest BCUT2D eigenvalue weighted by atomic mass is 16.1. The van der Waals surface area contributed by atoms with Gasteiger partial charge in [-0.1, -0.05) is 32.0 Å². The van der Waals surface area contributed by atoms with E-state index < -0.39 is 5.91 Å². The number of anilines is 1. The van der Waals surface area contributed by atoms with Crippen molar-refractivity contribution in [3.8, 4) is 17.2 Å². The lowest BCUT2D eigenvalue weighted by Gasteiger charge is -2.39. The van der Waals surface area contributed by atoms with Crippen LogP contribution in [0.3, 0.4) is 0 Å². The zero-order chi connectivity index (χ0) is 21.7. The Morgan fingerprint density at radius 3 is 2.70 bits per heavy atom. The van der Waals surface area contributed by atoms with Crippen molar-refractivity contribution in [1.29, 1.82) is 5.26 Å². The summed E-state index contributed by atoms with van der Waals surface area (Å²) in [4.78, 5) is 12.2. The minimum absolute atomic E-state index is 0.0709. The highest BCUT2D eigenvalue weighted by Gasteiger charge is 2.49. The normalized spacial score (nSPS) is 22.7. The predicted molar refractivity (Wildman–Crippen MR) is 117 cm³/mol. The van der Waals surface area contributed by atoms with E-state index >= 15 is 0 Å². The minimum atomic E-state index is -0.543. The van der Waals surface area contributed by atoms with E-state index in [4.69, 9.17) is 11.5 Å². The second-order valence-corrected chi connectivity index (χ2v) is 8.89. The number of carbonyl (C=O) groups excluding carboxylic acids is 1. The fourth-order valence-corrected chi connectivity index (χ4v) is 4.33. The van der Waals surface area contributed by atoms with Gasteiger partial charge in [-0.15, -0.1) is 0 Å². The first-order chi connectivity index (χ1) is 14.2. The lowest BCUT2D eigenvalue weighted by atomic mass is 9.75. The number of aromatic nitrogens is 2. The van der Waals surface area contributed by atoms with E-state index in [1.54, 1.807) is 10.6 Å². The molecule has 5 N–H and O–H groups in total. The van der Waals surface area contributed by atoms with Crippen LogP contribution < -0.4 is 16.8 Å². The first-order valence-corrected chi connectivity index (χ1v) is 10.0. The minimum Gasteiger partial charge on any atom is -0.379 e. The average Bonchev–Trinajstić information content (AvgIpc) is 3.22. The topological polar surface area (TPSA) is 122 Å². The van der Waals surface area contributed by atoms with Crippen molar-refractivity contribution in [2.75, 3.05) is 5.32 Å². The van der Waals surface area contributed by atoms with Gasteiger partial charge >= 0.3 is 0 Å². The molecule has 0 bridgehead atoms. The molecule has 7 nitrogen and oxygen atoms in total. The average molecular weight is 403 g/mol. The fraction of sp³-hybridized carbons (Fsp3) is 0.348. The summed E-state index contributed by atoms with van der Waals surface area (Å²) in [7, 11) is 0. The summed E-state index contributed by atoms with van der Waals surface area (Å²) in [6, 6.07) is 11.6. The molecule has 0 unspecified atom stereocenters. The molecule has 2 heterocycles. The van der Waals surface area contributed by atoms with Gasteiger partial charge in [-0.05, 0) is 31.9 Å². The molecule has 30 heavy (non-hydrogen) atoms. The van der Waals surface area contributed by atoms with Gasteiger partial charge in [0, 0.05) is 34.3 Å². The summed E-state index contributed by atoms with van der Waals surface area (Å²) < 4.78 is 1.71. The second kappa shape index (κ2) is 6.85. The number of benzene rings is 1. The number of fused-ring (bicyclic) bond motifs is 1. The Bertz CT molecular complexity index is 1180. The van der Waals surface area contributed by atoms with E-state index in [2.05, 4.69) is 37.3 Å². The zero-order valence-corrected chi connectivity index (χ0v) is 17.4. The Kier molecular flexibility index (Phi) is 4.55. The van der Waals surface area contributed by atoms with Crippen molar-refractivity contribution >= 4 is 17.1 Å². The number of rotatable bonds is 4. The van der Waals surface area contributed by atoms with Crippen LogP contribution in [0.25, 0.3) is 16.6 Å². The smallest absolute Gasteiger partial charge is 0.252 e. The number of hydrogen-bond acceptors (Lipinski definition) is 5. The Morgan fingerprint density at radius 1 is 1.33 bits per heavy atom. The second-order valence-electron chi connectivity index (χ2n) is 8.89. The van der Waals surface area contributed by atoms with Crippen LogP contribution in [-0.2, 0) is 0 Å². The number of nitrogens with two attached hydrogens (primary N) is 2. The Balaban J connectivity index is 1.86. The maximum Gasteiger partial charge on any atom is 0.252 e. The molecule has 1 aliphatic rings. The highest BCUT2D eigenvalue weighted by Crippen LogP contribution is 2.46. The van der Waals surface area contributed by atoms with Crippen LogP contribution in [0.2, 0.25) is 0 Å². The Labute approximate surface area is 175 Å². The zero-order valence-electron chi connectivity index (χ0n) is 17.4. The van der Waals surface area contributed by atoms with Crippen LogP contribution in [0.4, 0.5) is 5.69 Å². The molecule has 0 aliphatic heterocycles. The molecule has 0 spiro atoms. The van der Waals surface area contributed by atoms with Gasteiger partial charge in [-0.25, -0.2) is 4.52 Å². The first kappa shape index (κ1) is 19.9. The van der Waals surface area contributed by atoms with Gasteiger partial charge in [0.05, 0.1) is 34.6 Å². The predicted octanol–water partition coefficient (Wildman–Crippen LogP) is 3.29. The monoisotopic (exact) mass is 402 g/mol. The third-order valence-corrected chi connectivity index (χ3v) is 6.88. The fourth-order valence-electron chi connectivity index (χ4n) is 4.33. The molecule has 1 fully saturated rings. The van der Waals surface area contributed by atoms with Gasteiger partial charge < -0.3 is 16.8 Å². The number of nitrogens with zero attached hydrogens (tertiary/aromatic N) is 3. The van der Waals surface area contributed by atoms with Crippen LogP contribution in [-0.4, -0.2) is 27.1 Å². The molecule has 1 amide bonds. The van der Waals surface area contributed by atoms with Crippen LogP contribution >= 0.6 is 0 Å². The van der Waals surface area contributed by atoms with Crippen molar-refractivity contribution in [2.45, 2.75) is 45.2 Å². The van der Waals surface area contributed by atoms with Gasteiger partial charge in [-0.3, -0.25) is 4.79 Å². The van der Waals surface area contributed by atoms with Crippen molar-refractivity contribution in [3.63, 3.8) is 0 Å². The molecule has 1 aromatic carbocycles. The summed E-state index contributed by atoms with van der Waals surface area (Å²) in [6.07, 6.45) is 5.11. The molecule has 1 saturated carbocycles. The number of nitriles is 1. The maximum atomic E-state index is 12.2. The molecule has 0 radical (unpaired) electrons. The summed E-state index contributed by atoms with van der Waals surface area (Å²) in [5.74, 6) is -0.543. The number of hydrogen-bond donors (Lipinski definition) is 3. The summed E-state index contributed by atoms with van der Waals surface area (Å²) in [5, 5.41) is 17.4. The van der Waals surface area contributed by atoms with Crippen molar-refractivity contribution in [1.82, 2.24) is 9.61 Å². The molecule has 7 heteroatoms. The number of nitrogens with one attached hydrogen (secondary N) is 1. The highest BCUT2D eigenvalue weighted by molar-refractivity contribution is 6.02. The van der Waals surface area contributed by atoms with Crippen molar-refractivity contribution in [3.05, 3.63) is 53.9 Å².